The smallest absolute Gasteiger partial charge is 0.726 e. The zero-order valence-corrected chi connectivity index (χ0v) is 10.7. The molecular formula is C6H13CaO5S+. The van der Waals surface area contributed by atoms with Crippen molar-refractivity contribution in [3.8, 4) is 0 Å². The molecule has 0 amide bonds. The number of ether oxygens (including phenoxy) is 1. The maximum Gasteiger partial charge on any atom is 2.00 e. The van der Waals surface area contributed by atoms with Crippen LogP contribution < -0.4 is 0 Å². The van der Waals surface area contributed by atoms with Gasteiger partial charge in [0, 0.05) is 6.61 Å². The van der Waals surface area contributed by atoms with Gasteiger partial charge in [0.15, 0.2) is 0 Å². The van der Waals surface area contributed by atoms with E-state index in [4.69, 9.17) is 4.74 Å². The summed E-state index contributed by atoms with van der Waals surface area (Å²) in [4.78, 5) is 0. The molecule has 0 N–H and O–H groups in total. The van der Waals surface area contributed by atoms with Crippen molar-refractivity contribution in [1.29, 1.82) is 0 Å². The zero-order chi connectivity index (χ0) is 9.45. The molecule has 0 aliphatic rings. The largest absolute Gasteiger partial charge is 2.00 e. The molecule has 0 saturated heterocycles. The quantitative estimate of drug-likeness (QED) is 0.267. The van der Waals surface area contributed by atoms with E-state index in [0.29, 0.717) is 6.61 Å². The summed E-state index contributed by atoms with van der Waals surface area (Å²) in [6.07, 6.45) is 1.94. The van der Waals surface area contributed by atoms with Crippen LogP contribution in [0.5, 0.6) is 0 Å². The number of unbranched alkanes of at least 4 members (excludes halogenated alkanes) is 1. The van der Waals surface area contributed by atoms with Crippen LogP contribution in [0.1, 0.15) is 19.8 Å². The van der Waals surface area contributed by atoms with Gasteiger partial charge in [-0.05, 0) is 6.42 Å². The Labute approximate surface area is 109 Å². The molecule has 0 atom stereocenters. The fourth-order valence-electron chi connectivity index (χ4n) is 0.543. The minimum atomic E-state index is -4.55. The molecule has 0 bridgehead atoms. The van der Waals surface area contributed by atoms with Gasteiger partial charge >= 0.3 is 37.7 Å². The maximum absolute atomic E-state index is 9.89. The minimum Gasteiger partial charge on any atom is -0.726 e. The second-order valence-corrected chi connectivity index (χ2v) is 3.25. The molecule has 5 nitrogen and oxygen atoms in total. The van der Waals surface area contributed by atoms with Gasteiger partial charge in [-0.25, -0.2) is 8.42 Å². The minimum absolute atomic E-state index is 0. The monoisotopic (exact) mass is 237 g/mol. The van der Waals surface area contributed by atoms with Crippen molar-refractivity contribution in [2.45, 2.75) is 19.8 Å². The van der Waals surface area contributed by atoms with Gasteiger partial charge in [-0.15, -0.1) is 0 Å². The molecular weight excluding hydrogens is 224 g/mol. The molecule has 0 heterocycles. The molecule has 0 fully saturated rings. The Hall–Kier alpha value is 1.09. The second-order valence-electron chi connectivity index (χ2n) is 2.20. The van der Waals surface area contributed by atoms with Crippen LogP contribution in [0.25, 0.3) is 0 Å². The second kappa shape index (κ2) is 9.64. The van der Waals surface area contributed by atoms with E-state index in [0.717, 1.165) is 12.8 Å². The molecule has 0 saturated carbocycles. The molecule has 0 aliphatic heterocycles. The molecule has 0 spiro atoms. The van der Waals surface area contributed by atoms with E-state index >= 15 is 0 Å². The van der Waals surface area contributed by atoms with Gasteiger partial charge in [-0.2, -0.15) is 0 Å². The van der Waals surface area contributed by atoms with E-state index in [2.05, 4.69) is 4.18 Å². The average molecular weight is 237 g/mol. The Kier molecular flexibility index (Phi) is 12.2. The summed E-state index contributed by atoms with van der Waals surface area (Å²) in [6.45, 7) is 2.53. The van der Waals surface area contributed by atoms with Gasteiger partial charge in [0.25, 0.3) is 0 Å². The Morgan fingerprint density at radius 2 is 1.85 bits per heavy atom. The average Bonchev–Trinajstić information content (AvgIpc) is 1.94. The molecule has 0 aromatic heterocycles. The summed E-state index contributed by atoms with van der Waals surface area (Å²) < 4.78 is 38.5. The Balaban J connectivity index is 0. The van der Waals surface area contributed by atoms with Gasteiger partial charge in [0.05, 0.1) is 13.2 Å². The normalized spacial score (nSPS) is 10.9. The first-order valence-electron chi connectivity index (χ1n) is 3.74. The van der Waals surface area contributed by atoms with Crippen LogP contribution in [0.15, 0.2) is 0 Å². The number of rotatable bonds is 7. The summed E-state index contributed by atoms with van der Waals surface area (Å²) in [6, 6.07) is 0. The fourth-order valence-corrected chi connectivity index (χ4v) is 0.816. The zero-order valence-electron chi connectivity index (χ0n) is 7.69. The van der Waals surface area contributed by atoms with Crippen molar-refractivity contribution in [3.05, 3.63) is 0 Å². The third kappa shape index (κ3) is 15.8. The van der Waals surface area contributed by atoms with Gasteiger partial charge in [-0.1, -0.05) is 13.3 Å². The molecule has 0 unspecified atom stereocenters. The van der Waals surface area contributed by atoms with E-state index in [1.54, 1.807) is 0 Å². The van der Waals surface area contributed by atoms with Crippen LogP contribution >= 0.6 is 0 Å². The van der Waals surface area contributed by atoms with Gasteiger partial charge in [0.2, 0.25) is 10.4 Å². The summed E-state index contributed by atoms with van der Waals surface area (Å²) in [5.41, 5.74) is 0. The molecule has 0 rings (SSSR count). The SMILES string of the molecule is CCCCOCCOS(=O)(=O)[O-].[Ca+2]. The summed E-state index contributed by atoms with van der Waals surface area (Å²) in [5, 5.41) is 0. The van der Waals surface area contributed by atoms with Crippen LogP contribution in [0.3, 0.4) is 0 Å². The molecule has 7 heteroatoms. The Morgan fingerprint density at radius 1 is 1.23 bits per heavy atom. The Bertz CT molecular complexity index is 191. The van der Waals surface area contributed by atoms with Crippen molar-refractivity contribution in [2.75, 3.05) is 19.8 Å². The van der Waals surface area contributed by atoms with E-state index in [9.17, 15) is 13.0 Å². The van der Waals surface area contributed by atoms with Gasteiger partial charge in [-0.3, -0.25) is 4.18 Å². The van der Waals surface area contributed by atoms with E-state index in [-0.39, 0.29) is 51.0 Å². The molecule has 0 aromatic rings. The van der Waals surface area contributed by atoms with Crippen LogP contribution in [0.2, 0.25) is 0 Å². The van der Waals surface area contributed by atoms with Crippen molar-refractivity contribution >= 4 is 48.1 Å². The van der Waals surface area contributed by atoms with Crippen molar-refractivity contribution in [1.82, 2.24) is 0 Å². The van der Waals surface area contributed by atoms with E-state index in [1.165, 1.54) is 0 Å². The molecule has 13 heavy (non-hydrogen) atoms. The summed E-state index contributed by atoms with van der Waals surface area (Å²) in [5.74, 6) is 0. The first kappa shape index (κ1) is 16.5. The van der Waals surface area contributed by atoms with E-state index in [1.807, 2.05) is 6.92 Å². The third-order valence-corrected chi connectivity index (χ3v) is 1.55. The van der Waals surface area contributed by atoms with Crippen LogP contribution in [0.4, 0.5) is 0 Å². The van der Waals surface area contributed by atoms with Crippen molar-refractivity contribution in [2.24, 2.45) is 0 Å². The molecule has 0 radical (unpaired) electrons. The summed E-state index contributed by atoms with van der Waals surface area (Å²) in [7, 11) is -4.55. The summed E-state index contributed by atoms with van der Waals surface area (Å²) >= 11 is 0. The van der Waals surface area contributed by atoms with Crippen LogP contribution in [-0.4, -0.2) is 70.5 Å². The third-order valence-electron chi connectivity index (χ3n) is 1.10. The first-order valence-corrected chi connectivity index (χ1v) is 5.07. The number of hydrogen-bond donors (Lipinski definition) is 0. The van der Waals surface area contributed by atoms with Gasteiger partial charge < -0.3 is 9.29 Å². The van der Waals surface area contributed by atoms with Crippen LogP contribution in [0, 0.1) is 0 Å². The van der Waals surface area contributed by atoms with Crippen molar-refractivity contribution < 1.29 is 21.9 Å². The van der Waals surface area contributed by atoms with Crippen molar-refractivity contribution in [3.63, 3.8) is 0 Å². The predicted molar refractivity (Wildman–Crippen MR) is 47.1 cm³/mol. The predicted octanol–water partition coefficient (Wildman–Crippen LogP) is -0.101. The number of hydrogen-bond acceptors (Lipinski definition) is 5. The standard InChI is InChI=1S/C6H14O5S.Ca/c1-2-3-4-10-5-6-11-12(7,8)9;/h2-6H2,1H3,(H,7,8,9);/q;+2/p-1. The maximum atomic E-state index is 9.89. The first-order chi connectivity index (χ1) is 5.56. The molecule has 0 aromatic carbocycles. The van der Waals surface area contributed by atoms with E-state index < -0.39 is 10.4 Å². The fraction of sp³-hybridized carbons (Fsp3) is 1.00. The van der Waals surface area contributed by atoms with Gasteiger partial charge in [0.1, 0.15) is 0 Å². The Morgan fingerprint density at radius 3 is 2.31 bits per heavy atom. The van der Waals surface area contributed by atoms with Crippen LogP contribution in [-0.2, 0) is 19.3 Å². The molecule has 74 valence electrons. The molecule has 0 aliphatic carbocycles. The topological polar surface area (TPSA) is 75.7 Å².